The van der Waals surface area contributed by atoms with Crippen molar-refractivity contribution in [3.63, 3.8) is 0 Å². The summed E-state index contributed by atoms with van der Waals surface area (Å²) in [5.74, 6) is 0.284. The molecule has 0 saturated carbocycles. The van der Waals surface area contributed by atoms with Gasteiger partial charge in [0.2, 0.25) is 0 Å². The van der Waals surface area contributed by atoms with Crippen molar-refractivity contribution >= 4 is 17.7 Å². The second-order valence-corrected chi connectivity index (χ2v) is 3.89. The van der Waals surface area contributed by atoms with Gasteiger partial charge < -0.3 is 10.4 Å². The van der Waals surface area contributed by atoms with E-state index in [-0.39, 0.29) is 6.04 Å². The lowest BCUT2D eigenvalue weighted by Gasteiger charge is -2.16. The van der Waals surface area contributed by atoms with Gasteiger partial charge in [-0.3, -0.25) is 4.79 Å². The van der Waals surface area contributed by atoms with Gasteiger partial charge in [-0.25, -0.2) is 0 Å². The third-order valence-electron chi connectivity index (χ3n) is 1.66. The summed E-state index contributed by atoms with van der Waals surface area (Å²) in [5, 5.41) is 11.6. The molecule has 2 N–H and O–H groups in total. The van der Waals surface area contributed by atoms with Crippen LogP contribution in [0.4, 0.5) is 0 Å². The predicted molar refractivity (Wildman–Crippen MR) is 52.7 cm³/mol. The van der Waals surface area contributed by atoms with E-state index in [9.17, 15) is 4.79 Å². The first kappa shape index (κ1) is 11.8. The third-order valence-corrected chi connectivity index (χ3v) is 2.30. The molecule has 0 aliphatic rings. The summed E-state index contributed by atoms with van der Waals surface area (Å²) in [6.45, 7) is 3.67. The van der Waals surface area contributed by atoms with Gasteiger partial charge in [0, 0.05) is 6.04 Å². The van der Waals surface area contributed by atoms with Crippen molar-refractivity contribution in [2.24, 2.45) is 0 Å². The summed E-state index contributed by atoms with van der Waals surface area (Å²) in [5.41, 5.74) is 0. The Kier molecular flexibility index (Phi) is 6.20. The van der Waals surface area contributed by atoms with Crippen molar-refractivity contribution in [2.45, 2.75) is 32.4 Å². The zero-order valence-electron chi connectivity index (χ0n) is 7.83. The SMILES string of the molecule is CSCCC(C)NC(C)C(=O)O. The molecule has 12 heavy (non-hydrogen) atoms. The molecule has 2 unspecified atom stereocenters. The number of thioether (sulfide) groups is 1. The zero-order chi connectivity index (χ0) is 9.56. The van der Waals surface area contributed by atoms with Gasteiger partial charge in [0.05, 0.1) is 0 Å². The van der Waals surface area contributed by atoms with Crippen molar-refractivity contribution < 1.29 is 9.90 Å². The number of carboxylic acid groups (broad SMARTS) is 1. The molecule has 0 fully saturated rings. The summed E-state index contributed by atoms with van der Waals surface area (Å²) in [4.78, 5) is 10.4. The molecule has 0 aliphatic heterocycles. The topological polar surface area (TPSA) is 49.3 Å². The molecule has 0 spiro atoms. The fourth-order valence-corrected chi connectivity index (χ4v) is 1.47. The molecular weight excluding hydrogens is 174 g/mol. The van der Waals surface area contributed by atoms with Crippen LogP contribution in [-0.4, -0.2) is 35.2 Å². The molecule has 0 rings (SSSR count). The molecule has 0 aromatic carbocycles. The van der Waals surface area contributed by atoms with Crippen LogP contribution in [0, 0.1) is 0 Å². The molecule has 3 nitrogen and oxygen atoms in total. The Bertz CT molecular complexity index is 141. The van der Waals surface area contributed by atoms with Crippen LogP contribution >= 0.6 is 11.8 Å². The number of hydrogen-bond acceptors (Lipinski definition) is 3. The van der Waals surface area contributed by atoms with Crippen molar-refractivity contribution in [3.05, 3.63) is 0 Å². The summed E-state index contributed by atoms with van der Waals surface area (Å²) >= 11 is 1.78. The van der Waals surface area contributed by atoms with E-state index in [4.69, 9.17) is 5.11 Å². The fourth-order valence-electron chi connectivity index (χ4n) is 0.876. The Morgan fingerprint density at radius 1 is 1.58 bits per heavy atom. The van der Waals surface area contributed by atoms with E-state index in [0.717, 1.165) is 12.2 Å². The Hall–Kier alpha value is -0.220. The molecular formula is C8H17NO2S. The van der Waals surface area contributed by atoms with E-state index in [2.05, 4.69) is 5.32 Å². The lowest BCUT2D eigenvalue weighted by atomic mass is 10.2. The van der Waals surface area contributed by atoms with Crippen LogP contribution in [0.15, 0.2) is 0 Å². The number of aliphatic carboxylic acids is 1. The number of carboxylic acids is 1. The Morgan fingerprint density at radius 2 is 2.17 bits per heavy atom. The number of nitrogens with one attached hydrogen (secondary N) is 1. The third kappa shape index (κ3) is 5.43. The number of rotatable bonds is 6. The molecule has 0 radical (unpaired) electrons. The molecule has 0 aromatic rings. The lowest BCUT2D eigenvalue weighted by Crippen LogP contribution is -2.40. The maximum Gasteiger partial charge on any atom is 0.320 e. The van der Waals surface area contributed by atoms with E-state index >= 15 is 0 Å². The van der Waals surface area contributed by atoms with Crippen LogP contribution in [0.25, 0.3) is 0 Å². The predicted octanol–water partition coefficient (Wildman–Crippen LogP) is 1.19. The smallest absolute Gasteiger partial charge is 0.320 e. The largest absolute Gasteiger partial charge is 0.480 e. The maximum atomic E-state index is 10.4. The first-order chi connectivity index (χ1) is 5.57. The van der Waals surface area contributed by atoms with Crippen LogP contribution in [-0.2, 0) is 4.79 Å². The average molecular weight is 191 g/mol. The average Bonchev–Trinajstić information content (AvgIpc) is 2.00. The maximum absolute atomic E-state index is 10.4. The van der Waals surface area contributed by atoms with Crippen LogP contribution in [0.1, 0.15) is 20.3 Å². The molecule has 4 heteroatoms. The number of carbonyl (C=O) groups is 1. The minimum Gasteiger partial charge on any atom is -0.480 e. The highest BCUT2D eigenvalue weighted by Crippen LogP contribution is 2.00. The Balaban J connectivity index is 3.53. The monoisotopic (exact) mass is 191 g/mol. The molecule has 0 amide bonds. The standard InChI is InChI=1S/C8H17NO2S/c1-6(4-5-12-3)9-7(2)8(10)11/h6-7,9H,4-5H2,1-3H3,(H,10,11). The van der Waals surface area contributed by atoms with Gasteiger partial charge in [-0.1, -0.05) is 0 Å². The molecule has 2 atom stereocenters. The molecule has 0 aliphatic carbocycles. The van der Waals surface area contributed by atoms with Crippen molar-refractivity contribution in [3.8, 4) is 0 Å². The highest BCUT2D eigenvalue weighted by atomic mass is 32.2. The van der Waals surface area contributed by atoms with Crippen molar-refractivity contribution in [2.75, 3.05) is 12.0 Å². The van der Waals surface area contributed by atoms with Gasteiger partial charge in [0.1, 0.15) is 6.04 Å². The van der Waals surface area contributed by atoms with Gasteiger partial charge in [-0.05, 0) is 32.3 Å². The summed E-state index contributed by atoms with van der Waals surface area (Å²) in [7, 11) is 0. The van der Waals surface area contributed by atoms with E-state index < -0.39 is 12.0 Å². The second-order valence-electron chi connectivity index (χ2n) is 2.91. The molecule has 0 aromatic heterocycles. The molecule has 72 valence electrons. The molecule has 0 saturated heterocycles. The first-order valence-electron chi connectivity index (χ1n) is 4.05. The number of hydrogen-bond donors (Lipinski definition) is 2. The van der Waals surface area contributed by atoms with Gasteiger partial charge in [-0.2, -0.15) is 11.8 Å². The highest BCUT2D eigenvalue weighted by Gasteiger charge is 2.12. The van der Waals surface area contributed by atoms with E-state index in [0.29, 0.717) is 0 Å². The van der Waals surface area contributed by atoms with Gasteiger partial charge in [0.15, 0.2) is 0 Å². The first-order valence-corrected chi connectivity index (χ1v) is 5.45. The van der Waals surface area contributed by atoms with Crippen LogP contribution in [0.2, 0.25) is 0 Å². The normalized spacial score (nSPS) is 15.6. The lowest BCUT2D eigenvalue weighted by molar-refractivity contribution is -0.139. The van der Waals surface area contributed by atoms with Gasteiger partial charge in [0.25, 0.3) is 0 Å². The highest BCUT2D eigenvalue weighted by molar-refractivity contribution is 7.98. The van der Waals surface area contributed by atoms with E-state index in [1.807, 2.05) is 13.2 Å². The molecule has 0 heterocycles. The Morgan fingerprint density at radius 3 is 2.58 bits per heavy atom. The summed E-state index contributed by atoms with van der Waals surface area (Å²) in [6, 6.07) is -0.162. The van der Waals surface area contributed by atoms with Gasteiger partial charge >= 0.3 is 5.97 Å². The van der Waals surface area contributed by atoms with Crippen LogP contribution in [0.3, 0.4) is 0 Å². The van der Waals surface area contributed by atoms with Gasteiger partial charge in [-0.15, -0.1) is 0 Å². The summed E-state index contributed by atoms with van der Waals surface area (Å²) < 4.78 is 0. The van der Waals surface area contributed by atoms with Crippen LogP contribution in [0.5, 0.6) is 0 Å². The quantitative estimate of drug-likeness (QED) is 0.662. The second kappa shape index (κ2) is 6.31. The summed E-state index contributed by atoms with van der Waals surface area (Å²) in [6.07, 6.45) is 3.06. The van der Waals surface area contributed by atoms with Crippen LogP contribution < -0.4 is 5.32 Å². The fraction of sp³-hybridized carbons (Fsp3) is 0.875. The minimum absolute atomic E-state index is 0.281. The van der Waals surface area contributed by atoms with E-state index in [1.54, 1.807) is 18.7 Å². The Labute approximate surface area is 77.9 Å². The molecule has 0 bridgehead atoms. The minimum atomic E-state index is -0.786. The zero-order valence-corrected chi connectivity index (χ0v) is 8.65. The van der Waals surface area contributed by atoms with E-state index in [1.165, 1.54) is 0 Å². The van der Waals surface area contributed by atoms with Crippen molar-refractivity contribution in [1.82, 2.24) is 5.32 Å². The van der Waals surface area contributed by atoms with Crippen molar-refractivity contribution in [1.29, 1.82) is 0 Å².